The molecule has 1 aromatic rings. The first-order valence-corrected chi connectivity index (χ1v) is 10.9. The highest BCUT2D eigenvalue weighted by Crippen LogP contribution is 2.31. The molecule has 5 nitrogen and oxygen atoms in total. The fourth-order valence-corrected chi connectivity index (χ4v) is 5.73. The third-order valence-electron chi connectivity index (χ3n) is 4.09. The van der Waals surface area contributed by atoms with Gasteiger partial charge in [-0.15, -0.1) is 24.2 Å². The van der Waals surface area contributed by atoms with Crippen LogP contribution in [0.1, 0.15) is 27.2 Å². The zero-order chi connectivity index (χ0) is 17.7. The van der Waals surface area contributed by atoms with Crippen LogP contribution in [0.2, 0.25) is 0 Å². The number of nitrogens with one attached hydrogen (secondary N) is 1. The van der Waals surface area contributed by atoms with Crippen LogP contribution in [0.15, 0.2) is 34.1 Å². The second-order valence-electron chi connectivity index (χ2n) is 6.11. The lowest BCUT2D eigenvalue weighted by atomic mass is 10.2. The van der Waals surface area contributed by atoms with E-state index in [1.807, 2.05) is 31.7 Å². The first-order valence-electron chi connectivity index (χ1n) is 8.36. The van der Waals surface area contributed by atoms with Crippen LogP contribution in [0.25, 0.3) is 0 Å². The van der Waals surface area contributed by atoms with Crippen molar-refractivity contribution in [3.8, 4) is 0 Å². The van der Waals surface area contributed by atoms with Gasteiger partial charge in [-0.2, -0.15) is 0 Å². The number of carbonyl (C=O) groups excluding carboxylic acids is 1. The van der Waals surface area contributed by atoms with Crippen molar-refractivity contribution >= 4 is 39.9 Å². The van der Waals surface area contributed by atoms with Gasteiger partial charge in [0, 0.05) is 30.6 Å². The summed E-state index contributed by atoms with van der Waals surface area (Å²) in [5.74, 6) is 0.193. The normalized spacial score (nSPS) is 19.2. The number of nitrogens with zero attached hydrogens (tertiary/aromatic N) is 1. The van der Waals surface area contributed by atoms with Gasteiger partial charge in [-0.3, -0.25) is 4.79 Å². The van der Waals surface area contributed by atoms with Crippen LogP contribution < -0.4 is 5.32 Å². The first kappa shape index (κ1) is 22.3. The average Bonchev–Trinajstić information content (AvgIpc) is 2.55. The van der Waals surface area contributed by atoms with Crippen molar-refractivity contribution in [2.75, 3.05) is 25.4 Å². The van der Waals surface area contributed by atoms with Gasteiger partial charge in [0.2, 0.25) is 5.91 Å². The molecule has 0 aliphatic carbocycles. The van der Waals surface area contributed by atoms with Crippen LogP contribution >= 0.6 is 24.2 Å². The SMILES string of the molecule is CCCS(=O)(=O)c1ccccc1SC(C)C(=O)N1CCNC[C@H]1C.Cl. The van der Waals surface area contributed by atoms with Gasteiger partial charge < -0.3 is 10.2 Å². The molecule has 8 heteroatoms. The summed E-state index contributed by atoms with van der Waals surface area (Å²) in [6.45, 7) is 8.03. The van der Waals surface area contributed by atoms with Gasteiger partial charge >= 0.3 is 0 Å². The molecule has 1 unspecified atom stereocenters. The fourth-order valence-electron chi connectivity index (χ4n) is 2.83. The Kier molecular flexibility index (Phi) is 8.74. The summed E-state index contributed by atoms with van der Waals surface area (Å²) >= 11 is 1.34. The molecule has 1 N–H and O–H groups in total. The zero-order valence-corrected chi connectivity index (χ0v) is 17.3. The van der Waals surface area contributed by atoms with Gasteiger partial charge in [0.25, 0.3) is 0 Å². The van der Waals surface area contributed by atoms with Crippen molar-refractivity contribution in [3.05, 3.63) is 24.3 Å². The zero-order valence-electron chi connectivity index (χ0n) is 14.9. The number of hydrogen-bond acceptors (Lipinski definition) is 5. The molecule has 2 rings (SSSR count). The Labute approximate surface area is 161 Å². The van der Waals surface area contributed by atoms with Crippen molar-refractivity contribution < 1.29 is 13.2 Å². The minimum absolute atomic E-state index is 0. The van der Waals surface area contributed by atoms with Crippen molar-refractivity contribution in [1.29, 1.82) is 0 Å². The van der Waals surface area contributed by atoms with E-state index in [1.54, 1.807) is 18.2 Å². The summed E-state index contributed by atoms with van der Waals surface area (Å²) in [4.78, 5) is 15.6. The number of thioether (sulfide) groups is 1. The summed E-state index contributed by atoms with van der Waals surface area (Å²) < 4.78 is 24.9. The molecule has 0 aromatic heterocycles. The molecule has 1 aliphatic rings. The number of sulfone groups is 1. The molecule has 0 bridgehead atoms. The Morgan fingerprint density at radius 1 is 1.40 bits per heavy atom. The van der Waals surface area contributed by atoms with Crippen molar-refractivity contribution in [1.82, 2.24) is 10.2 Å². The van der Waals surface area contributed by atoms with Gasteiger partial charge in [0.1, 0.15) is 0 Å². The summed E-state index contributed by atoms with van der Waals surface area (Å²) in [5.41, 5.74) is 0. The molecule has 1 aliphatic heterocycles. The highest BCUT2D eigenvalue weighted by atomic mass is 35.5. The van der Waals surface area contributed by atoms with E-state index in [0.29, 0.717) is 22.8 Å². The van der Waals surface area contributed by atoms with Gasteiger partial charge in [0.05, 0.1) is 15.9 Å². The maximum Gasteiger partial charge on any atom is 0.236 e. The molecule has 1 saturated heterocycles. The molecule has 0 saturated carbocycles. The van der Waals surface area contributed by atoms with Gasteiger partial charge in [-0.25, -0.2) is 8.42 Å². The molecule has 25 heavy (non-hydrogen) atoms. The molecule has 1 amide bonds. The standard InChI is InChI=1S/C17H26N2O3S2.ClH/c1-4-11-24(21,22)16-8-6-5-7-15(16)23-14(3)17(20)19-10-9-18-12-13(19)2;/h5-8,13-14,18H,4,9-12H2,1-3H3;1H/t13-,14?;/m1./s1. The van der Waals surface area contributed by atoms with E-state index < -0.39 is 9.84 Å². The summed E-state index contributed by atoms with van der Waals surface area (Å²) in [7, 11) is -3.30. The Bertz CT molecular complexity index is 682. The summed E-state index contributed by atoms with van der Waals surface area (Å²) in [6.07, 6.45) is 0.577. The number of piperazine rings is 1. The number of halogens is 1. The predicted molar refractivity (Wildman–Crippen MR) is 105 cm³/mol. The van der Waals surface area contributed by atoms with Crippen molar-refractivity contribution in [2.24, 2.45) is 0 Å². The minimum atomic E-state index is -3.30. The second kappa shape index (κ2) is 9.80. The van der Waals surface area contributed by atoms with Gasteiger partial charge in [0.15, 0.2) is 9.84 Å². The van der Waals surface area contributed by atoms with E-state index in [0.717, 1.165) is 13.1 Å². The minimum Gasteiger partial charge on any atom is -0.336 e. The van der Waals surface area contributed by atoms with E-state index in [4.69, 9.17) is 0 Å². The Morgan fingerprint density at radius 2 is 2.08 bits per heavy atom. The lowest BCUT2D eigenvalue weighted by molar-refractivity contribution is -0.133. The number of hydrogen-bond donors (Lipinski definition) is 1. The van der Waals surface area contributed by atoms with Crippen LogP contribution in [0.4, 0.5) is 0 Å². The third kappa shape index (κ3) is 5.61. The highest BCUT2D eigenvalue weighted by Gasteiger charge is 2.28. The van der Waals surface area contributed by atoms with Crippen molar-refractivity contribution in [2.45, 2.75) is 48.3 Å². The van der Waals surface area contributed by atoms with E-state index in [-0.39, 0.29) is 35.4 Å². The summed E-state index contributed by atoms with van der Waals surface area (Å²) in [6, 6.07) is 7.14. The molecule has 142 valence electrons. The van der Waals surface area contributed by atoms with E-state index in [1.165, 1.54) is 11.8 Å². The molecular formula is C17H27ClN2O3S2. The fraction of sp³-hybridized carbons (Fsp3) is 0.588. The van der Waals surface area contributed by atoms with E-state index in [9.17, 15) is 13.2 Å². The van der Waals surface area contributed by atoms with Gasteiger partial charge in [-0.05, 0) is 32.4 Å². The molecule has 1 heterocycles. The van der Waals surface area contributed by atoms with Crippen LogP contribution in [0.3, 0.4) is 0 Å². The lowest BCUT2D eigenvalue weighted by Gasteiger charge is -2.35. The molecule has 1 fully saturated rings. The average molecular weight is 407 g/mol. The molecule has 1 aromatic carbocycles. The Morgan fingerprint density at radius 3 is 2.72 bits per heavy atom. The molecular weight excluding hydrogens is 380 g/mol. The van der Waals surface area contributed by atoms with Crippen LogP contribution in [0, 0.1) is 0 Å². The third-order valence-corrected chi connectivity index (χ3v) is 7.36. The maximum absolute atomic E-state index is 12.7. The Balaban J connectivity index is 0.00000312. The number of carbonyl (C=O) groups is 1. The summed E-state index contributed by atoms with van der Waals surface area (Å²) in [5, 5.41) is 2.95. The van der Waals surface area contributed by atoms with Crippen LogP contribution in [-0.4, -0.2) is 55.9 Å². The molecule has 0 spiro atoms. The monoisotopic (exact) mass is 406 g/mol. The van der Waals surface area contributed by atoms with Gasteiger partial charge in [-0.1, -0.05) is 19.1 Å². The number of benzene rings is 1. The van der Waals surface area contributed by atoms with Crippen LogP contribution in [-0.2, 0) is 14.6 Å². The molecule has 0 radical (unpaired) electrons. The highest BCUT2D eigenvalue weighted by molar-refractivity contribution is 8.01. The smallest absolute Gasteiger partial charge is 0.236 e. The number of rotatable bonds is 6. The second-order valence-corrected chi connectivity index (χ2v) is 9.57. The lowest BCUT2D eigenvalue weighted by Crippen LogP contribution is -2.54. The quantitative estimate of drug-likeness (QED) is 0.735. The van der Waals surface area contributed by atoms with Crippen molar-refractivity contribution in [3.63, 3.8) is 0 Å². The first-order chi connectivity index (χ1) is 11.4. The van der Waals surface area contributed by atoms with E-state index >= 15 is 0 Å². The van der Waals surface area contributed by atoms with Crippen LogP contribution in [0.5, 0.6) is 0 Å². The molecule has 2 atom stereocenters. The number of amides is 1. The topological polar surface area (TPSA) is 66.5 Å². The maximum atomic E-state index is 12.7. The predicted octanol–water partition coefficient (Wildman–Crippen LogP) is 2.59. The largest absolute Gasteiger partial charge is 0.336 e. The Hall–Kier alpha value is -0.760. The van der Waals surface area contributed by atoms with E-state index in [2.05, 4.69) is 5.32 Å².